The van der Waals surface area contributed by atoms with E-state index in [1.165, 1.54) is 0 Å². The summed E-state index contributed by atoms with van der Waals surface area (Å²) in [6.07, 6.45) is 3.45. The van der Waals surface area contributed by atoms with Crippen LogP contribution in [0.2, 0.25) is 5.28 Å². The summed E-state index contributed by atoms with van der Waals surface area (Å²) in [7, 11) is 0. The van der Waals surface area contributed by atoms with Crippen LogP contribution in [0.4, 0.5) is 0 Å². The largest absolute Gasteiger partial charge is 0.247 e. The molecule has 0 atom stereocenters. The molecular weight excluding hydrogens is 200 g/mol. The number of aromatic nitrogens is 4. The lowest BCUT2D eigenvalue weighted by molar-refractivity contribution is 0.492. The molecule has 0 aliphatic rings. The summed E-state index contributed by atoms with van der Waals surface area (Å²) in [6, 6.07) is 0. The van der Waals surface area contributed by atoms with Crippen molar-refractivity contribution in [3.05, 3.63) is 17.7 Å². The lowest BCUT2D eigenvalue weighted by Gasteiger charge is -2.05. The van der Waals surface area contributed by atoms with Crippen LogP contribution in [0.3, 0.4) is 0 Å². The molecule has 5 heteroatoms. The highest BCUT2D eigenvalue weighted by atomic mass is 35.5. The van der Waals surface area contributed by atoms with Gasteiger partial charge in [-0.25, -0.2) is 9.67 Å². The minimum atomic E-state index is 0.267. The molecule has 0 aliphatic heterocycles. The van der Waals surface area contributed by atoms with Crippen LogP contribution in [-0.2, 0) is 6.54 Å². The second kappa shape index (κ2) is 3.53. The van der Waals surface area contributed by atoms with Gasteiger partial charge in [-0.1, -0.05) is 13.8 Å². The Balaban J connectivity index is 2.50. The number of rotatable bonds is 2. The highest BCUT2D eigenvalue weighted by molar-refractivity contribution is 6.28. The van der Waals surface area contributed by atoms with E-state index in [0.29, 0.717) is 5.92 Å². The molecule has 0 N–H and O–H groups in total. The molecule has 4 nitrogen and oxygen atoms in total. The summed E-state index contributed by atoms with van der Waals surface area (Å²) in [5.41, 5.74) is 0.804. The van der Waals surface area contributed by atoms with Crippen LogP contribution in [0, 0.1) is 5.92 Å². The second-order valence-electron chi connectivity index (χ2n) is 3.64. The van der Waals surface area contributed by atoms with E-state index in [-0.39, 0.29) is 5.28 Å². The number of halogens is 1. The molecule has 0 unspecified atom stereocenters. The van der Waals surface area contributed by atoms with E-state index in [1.54, 1.807) is 12.4 Å². The third-order valence-electron chi connectivity index (χ3n) is 1.89. The molecule has 0 radical (unpaired) electrons. The molecule has 2 aromatic rings. The molecule has 0 saturated carbocycles. The average Bonchev–Trinajstić information content (AvgIpc) is 2.47. The maximum absolute atomic E-state index is 5.72. The molecule has 2 rings (SSSR count). The first kappa shape index (κ1) is 9.40. The van der Waals surface area contributed by atoms with Gasteiger partial charge in [-0.05, 0) is 17.5 Å². The smallest absolute Gasteiger partial charge is 0.224 e. The zero-order chi connectivity index (χ0) is 10.1. The lowest BCUT2D eigenvalue weighted by atomic mass is 10.2. The fraction of sp³-hybridized carbons (Fsp3) is 0.444. The van der Waals surface area contributed by atoms with Gasteiger partial charge in [0.15, 0.2) is 5.65 Å². The molecule has 0 aromatic carbocycles. The monoisotopic (exact) mass is 210 g/mol. The van der Waals surface area contributed by atoms with Gasteiger partial charge in [0.05, 0.1) is 11.6 Å². The molecule has 2 aromatic heterocycles. The second-order valence-corrected chi connectivity index (χ2v) is 3.98. The molecular formula is C9H11ClN4. The van der Waals surface area contributed by atoms with Gasteiger partial charge in [-0.3, -0.25) is 0 Å². The van der Waals surface area contributed by atoms with E-state index in [4.69, 9.17) is 11.6 Å². The van der Waals surface area contributed by atoms with Gasteiger partial charge in [-0.15, -0.1) is 0 Å². The Hall–Kier alpha value is -1.16. The van der Waals surface area contributed by atoms with Crippen LogP contribution in [0.15, 0.2) is 12.4 Å². The summed E-state index contributed by atoms with van der Waals surface area (Å²) in [5.74, 6) is 0.534. The topological polar surface area (TPSA) is 43.6 Å². The van der Waals surface area contributed by atoms with Crippen molar-refractivity contribution in [3.63, 3.8) is 0 Å². The van der Waals surface area contributed by atoms with Crippen molar-refractivity contribution < 1.29 is 0 Å². The molecule has 74 valence electrons. The van der Waals surface area contributed by atoms with E-state index in [2.05, 4.69) is 28.9 Å². The van der Waals surface area contributed by atoms with Crippen LogP contribution in [0.25, 0.3) is 11.0 Å². The first-order valence-corrected chi connectivity index (χ1v) is 4.88. The van der Waals surface area contributed by atoms with Gasteiger partial charge in [0, 0.05) is 12.7 Å². The quantitative estimate of drug-likeness (QED) is 0.714. The van der Waals surface area contributed by atoms with Crippen molar-refractivity contribution in [2.45, 2.75) is 20.4 Å². The SMILES string of the molecule is CC(C)Cn1ncc2cnc(Cl)nc21. The van der Waals surface area contributed by atoms with Crippen molar-refractivity contribution >= 4 is 22.6 Å². The van der Waals surface area contributed by atoms with Crippen molar-refractivity contribution in [2.24, 2.45) is 5.92 Å². The zero-order valence-electron chi connectivity index (χ0n) is 8.11. The van der Waals surface area contributed by atoms with Crippen molar-refractivity contribution in [1.29, 1.82) is 0 Å². The molecule has 2 heterocycles. The highest BCUT2D eigenvalue weighted by Crippen LogP contribution is 2.13. The van der Waals surface area contributed by atoms with Gasteiger partial charge in [-0.2, -0.15) is 10.1 Å². The number of hydrogen-bond acceptors (Lipinski definition) is 3. The summed E-state index contributed by atoms with van der Waals surface area (Å²) in [5, 5.41) is 5.42. The maximum Gasteiger partial charge on any atom is 0.224 e. The number of fused-ring (bicyclic) bond motifs is 1. The normalized spacial score (nSPS) is 11.4. The molecule has 0 bridgehead atoms. The highest BCUT2D eigenvalue weighted by Gasteiger charge is 2.06. The molecule has 0 saturated heterocycles. The molecule has 0 fully saturated rings. The Morgan fingerprint density at radius 3 is 2.93 bits per heavy atom. The summed E-state index contributed by atoms with van der Waals surface area (Å²) in [4.78, 5) is 8.04. The first-order valence-electron chi connectivity index (χ1n) is 4.51. The fourth-order valence-electron chi connectivity index (χ4n) is 1.33. The minimum absolute atomic E-state index is 0.267. The van der Waals surface area contributed by atoms with Crippen LogP contribution in [-0.4, -0.2) is 19.7 Å². The van der Waals surface area contributed by atoms with Gasteiger partial charge in [0.1, 0.15) is 0 Å². The third kappa shape index (κ3) is 1.70. The average molecular weight is 211 g/mol. The Morgan fingerprint density at radius 2 is 2.21 bits per heavy atom. The fourth-order valence-corrected chi connectivity index (χ4v) is 1.45. The standard InChI is InChI=1S/C9H11ClN4/c1-6(2)5-14-8-7(4-12-14)3-11-9(10)13-8/h3-4,6H,5H2,1-2H3. The van der Waals surface area contributed by atoms with Crippen LogP contribution < -0.4 is 0 Å². The molecule has 0 aliphatic carbocycles. The number of nitrogens with zero attached hydrogens (tertiary/aromatic N) is 4. The summed E-state index contributed by atoms with van der Waals surface area (Å²) in [6.45, 7) is 5.11. The van der Waals surface area contributed by atoms with E-state index < -0.39 is 0 Å². The van der Waals surface area contributed by atoms with Gasteiger partial charge >= 0.3 is 0 Å². The Morgan fingerprint density at radius 1 is 1.43 bits per heavy atom. The lowest BCUT2D eigenvalue weighted by Crippen LogP contribution is -2.06. The summed E-state index contributed by atoms with van der Waals surface area (Å²) < 4.78 is 1.85. The molecule has 0 spiro atoms. The minimum Gasteiger partial charge on any atom is -0.247 e. The molecule has 0 amide bonds. The van der Waals surface area contributed by atoms with Gasteiger partial charge < -0.3 is 0 Å². The number of hydrogen-bond donors (Lipinski definition) is 0. The van der Waals surface area contributed by atoms with E-state index >= 15 is 0 Å². The maximum atomic E-state index is 5.72. The zero-order valence-corrected chi connectivity index (χ0v) is 8.86. The van der Waals surface area contributed by atoms with Crippen molar-refractivity contribution in [3.8, 4) is 0 Å². The van der Waals surface area contributed by atoms with Gasteiger partial charge in [0.2, 0.25) is 5.28 Å². The Bertz CT molecular complexity index is 449. The predicted molar refractivity (Wildman–Crippen MR) is 55.2 cm³/mol. The Kier molecular flexibility index (Phi) is 2.37. The van der Waals surface area contributed by atoms with Crippen LogP contribution in [0.1, 0.15) is 13.8 Å². The Labute approximate surface area is 86.9 Å². The predicted octanol–water partition coefficient (Wildman–Crippen LogP) is 2.14. The van der Waals surface area contributed by atoms with Gasteiger partial charge in [0.25, 0.3) is 0 Å². The van der Waals surface area contributed by atoms with E-state index in [1.807, 2.05) is 4.68 Å². The van der Waals surface area contributed by atoms with E-state index in [0.717, 1.165) is 17.6 Å². The van der Waals surface area contributed by atoms with E-state index in [9.17, 15) is 0 Å². The van der Waals surface area contributed by atoms with Crippen LogP contribution in [0.5, 0.6) is 0 Å². The third-order valence-corrected chi connectivity index (χ3v) is 2.07. The van der Waals surface area contributed by atoms with Crippen LogP contribution >= 0.6 is 11.6 Å². The summed E-state index contributed by atoms with van der Waals surface area (Å²) >= 11 is 5.72. The first-order chi connectivity index (χ1) is 6.66. The van der Waals surface area contributed by atoms with Crippen molar-refractivity contribution in [1.82, 2.24) is 19.7 Å². The molecule has 14 heavy (non-hydrogen) atoms. The van der Waals surface area contributed by atoms with Crippen molar-refractivity contribution in [2.75, 3.05) is 0 Å².